The predicted molar refractivity (Wildman–Crippen MR) is 174 cm³/mol. The Balaban J connectivity index is 1.31. The number of benzene rings is 2. The molecule has 0 radical (unpaired) electrons. The van der Waals surface area contributed by atoms with Gasteiger partial charge in [0, 0.05) is 62.5 Å². The van der Waals surface area contributed by atoms with Gasteiger partial charge in [0.1, 0.15) is 18.2 Å². The summed E-state index contributed by atoms with van der Waals surface area (Å²) < 4.78 is 11.9. The molecule has 2 aromatic carbocycles. The van der Waals surface area contributed by atoms with Gasteiger partial charge in [0.15, 0.2) is 0 Å². The first-order valence-electron chi connectivity index (χ1n) is 15.7. The van der Waals surface area contributed by atoms with Crippen LogP contribution in [0.1, 0.15) is 36.1 Å². The van der Waals surface area contributed by atoms with Gasteiger partial charge in [-0.2, -0.15) is 15.2 Å². The van der Waals surface area contributed by atoms with Crippen LogP contribution < -0.4 is 14.4 Å². The van der Waals surface area contributed by atoms with E-state index in [1.807, 2.05) is 36.4 Å². The molecule has 0 spiro atoms. The van der Waals surface area contributed by atoms with Gasteiger partial charge in [-0.3, -0.25) is 9.69 Å². The third-order valence-electron chi connectivity index (χ3n) is 9.21. The van der Waals surface area contributed by atoms with Gasteiger partial charge in [0.2, 0.25) is 5.91 Å². The molecule has 3 aromatic rings. The van der Waals surface area contributed by atoms with Crippen molar-refractivity contribution in [3.8, 4) is 17.8 Å². The van der Waals surface area contributed by atoms with E-state index in [0.29, 0.717) is 63.7 Å². The van der Waals surface area contributed by atoms with E-state index in [1.54, 1.807) is 4.90 Å². The number of fused-ring (bicyclic) bond motifs is 2. The van der Waals surface area contributed by atoms with Crippen LogP contribution in [-0.2, 0) is 29.2 Å². The first-order valence-corrected chi connectivity index (χ1v) is 15.7. The normalized spacial score (nSPS) is 19.9. The lowest BCUT2D eigenvalue weighted by Gasteiger charge is -2.41. The Labute approximate surface area is 269 Å². The number of esters is 1. The van der Waals surface area contributed by atoms with Gasteiger partial charge in [-0.1, -0.05) is 43.5 Å². The maximum atomic E-state index is 12.6. The maximum Gasteiger partial charge on any atom is 0.335 e. The van der Waals surface area contributed by atoms with Crippen LogP contribution in [0.25, 0.3) is 10.8 Å². The number of hydrogen-bond acceptors (Lipinski definition) is 10. The number of aromatic nitrogens is 2. The van der Waals surface area contributed by atoms with E-state index in [0.717, 1.165) is 52.8 Å². The Hall–Kier alpha value is -4.79. The van der Waals surface area contributed by atoms with Gasteiger partial charge < -0.3 is 24.2 Å². The molecule has 3 aliphatic heterocycles. The van der Waals surface area contributed by atoms with Crippen LogP contribution in [0.5, 0.6) is 11.8 Å². The Morgan fingerprint density at radius 1 is 1.07 bits per heavy atom. The molecule has 1 aromatic heterocycles. The van der Waals surface area contributed by atoms with E-state index in [1.165, 1.54) is 12.2 Å². The highest BCUT2D eigenvalue weighted by atomic mass is 16.5. The van der Waals surface area contributed by atoms with Crippen LogP contribution in [0.2, 0.25) is 0 Å². The van der Waals surface area contributed by atoms with Crippen LogP contribution >= 0.6 is 0 Å². The summed E-state index contributed by atoms with van der Waals surface area (Å²) in [6, 6.07) is 14.4. The lowest BCUT2D eigenvalue weighted by molar-refractivity contribution is -0.129. The minimum absolute atomic E-state index is 0.174. The molecule has 0 saturated carbocycles. The summed E-state index contributed by atoms with van der Waals surface area (Å²) in [5.41, 5.74) is 2.78. The van der Waals surface area contributed by atoms with E-state index >= 15 is 0 Å². The van der Waals surface area contributed by atoms with Crippen molar-refractivity contribution in [3.05, 3.63) is 78.5 Å². The van der Waals surface area contributed by atoms with Gasteiger partial charge >= 0.3 is 12.0 Å². The second-order valence-corrected chi connectivity index (χ2v) is 12.1. The molecule has 0 N–H and O–H groups in total. The highest BCUT2D eigenvalue weighted by Gasteiger charge is 2.35. The van der Waals surface area contributed by atoms with Crippen LogP contribution in [0, 0.1) is 11.3 Å². The van der Waals surface area contributed by atoms with Crippen molar-refractivity contribution in [2.75, 3.05) is 44.7 Å². The Morgan fingerprint density at radius 3 is 2.67 bits per heavy atom. The number of ether oxygens (including phenoxy) is 2. The van der Waals surface area contributed by atoms with Crippen LogP contribution in [0.15, 0.2) is 61.7 Å². The molecule has 2 saturated heterocycles. The number of anilines is 1. The summed E-state index contributed by atoms with van der Waals surface area (Å²) in [4.78, 5) is 43.1. The molecule has 11 nitrogen and oxygen atoms in total. The van der Waals surface area contributed by atoms with Gasteiger partial charge in [-0.05, 0) is 49.3 Å². The number of nitriles is 1. The number of likely N-dealkylation sites (N-methyl/N-ethyl adjacent to an activating group) is 1. The van der Waals surface area contributed by atoms with E-state index in [9.17, 15) is 14.9 Å². The summed E-state index contributed by atoms with van der Waals surface area (Å²) in [6.07, 6.45) is 4.89. The smallest absolute Gasteiger partial charge is 0.335 e. The Kier molecular flexibility index (Phi) is 9.28. The fourth-order valence-corrected chi connectivity index (χ4v) is 6.76. The first kappa shape index (κ1) is 31.2. The van der Waals surface area contributed by atoms with E-state index in [4.69, 9.17) is 19.4 Å². The van der Waals surface area contributed by atoms with Crippen molar-refractivity contribution in [1.82, 2.24) is 24.7 Å². The molecule has 2 fully saturated rings. The molecule has 1 amide bonds. The lowest BCUT2D eigenvalue weighted by atomic mass is 10.0. The molecule has 46 heavy (non-hydrogen) atoms. The zero-order valence-electron chi connectivity index (χ0n) is 26.2. The van der Waals surface area contributed by atoms with Crippen molar-refractivity contribution >= 4 is 28.5 Å². The summed E-state index contributed by atoms with van der Waals surface area (Å²) in [7, 11) is 2.11. The zero-order chi connectivity index (χ0) is 32.2. The number of carbonyl (C=O) groups excluding carboxylic acids is 2. The summed E-state index contributed by atoms with van der Waals surface area (Å²) in [5.74, 6) is 0.585. The van der Waals surface area contributed by atoms with Crippen molar-refractivity contribution in [2.24, 2.45) is 0 Å². The highest BCUT2D eigenvalue weighted by molar-refractivity contribution is 5.90. The van der Waals surface area contributed by atoms with Gasteiger partial charge in [-0.25, -0.2) is 4.79 Å². The summed E-state index contributed by atoms with van der Waals surface area (Å²) in [5, 5.41) is 11.6. The van der Waals surface area contributed by atoms with E-state index in [-0.39, 0.29) is 18.4 Å². The van der Waals surface area contributed by atoms with Gasteiger partial charge in [-0.15, -0.1) is 0 Å². The molecule has 11 heteroatoms. The quantitative estimate of drug-likeness (QED) is 0.188. The largest absolute Gasteiger partial charge is 0.462 e. The number of piperazine rings is 1. The minimum Gasteiger partial charge on any atom is -0.462 e. The van der Waals surface area contributed by atoms with Crippen molar-refractivity contribution in [2.45, 2.75) is 51.0 Å². The number of nitrogens with zero attached hydrogens (tertiary/aromatic N) is 7. The maximum absolute atomic E-state index is 12.6. The zero-order valence-corrected chi connectivity index (χ0v) is 26.2. The number of hydrogen-bond donors (Lipinski definition) is 0. The second kappa shape index (κ2) is 13.7. The second-order valence-electron chi connectivity index (χ2n) is 12.1. The molecule has 238 valence electrons. The lowest BCUT2D eigenvalue weighted by Crippen LogP contribution is -2.55. The molecule has 4 heterocycles. The van der Waals surface area contributed by atoms with Crippen LogP contribution in [0.3, 0.4) is 0 Å². The average Bonchev–Trinajstić information content (AvgIpc) is 3.68. The molecule has 3 aliphatic rings. The molecular weight excluding hydrogens is 582 g/mol. The standard InChI is InChI=1S/C35H39N7O4/c1-4-32(43)42-18-17-41(19-25(42)14-15-36)34-29-21-40(22-30(29)37-35(38-34)45-23-26-10-8-16-39(26)3)20-28-27-11-7-6-9-24(27)12-13-31(28)46-33(44)5-2/h4-7,9,11-13,25-26H,1-2,8,10,14,16-23H2,3H3. The summed E-state index contributed by atoms with van der Waals surface area (Å²) in [6.45, 7) is 11.9. The number of rotatable bonds is 10. The monoisotopic (exact) mass is 621 g/mol. The Morgan fingerprint density at radius 2 is 1.91 bits per heavy atom. The Bertz CT molecular complexity index is 1700. The van der Waals surface area contributed by atoms with Gasteiger partial charge in [0.25, 0.3) is 0 Å². The summed E-state index contributed by atoms with van der Waals surface area (Å²) >= 11 is 0. The number of amides is 1. The number of carbonyl (C=O) groups is 2. The highest BCUT2D eigenvalue weighted by Crippen LogP contribution is 2.36. The van der Waals surface area contributed by atoms with Crippen molar-refractivity contribution in [1.29, 1.82) is 5.26 Å². The first-order chi connectivity index (χ1) is 22.4. The van der Waals surface area contributed by atoms with Crippen LogP contribution in [-0.4, -0.2) is 88.5 Å². The van der Waals surface area contributed by atoms with Crippen molar-refractivity contribution in [3.63, 3.8) is 0 Å². The van der Waals surface area contributed by atoms with Crippen molar-refractivity contribution < 1.29 is 19.1 Å². The minimum atomic E-state index is -0.509. The predicted octanol–water partition coefficient (Wildman–Crippen LogP) is 3.83. The third kappa shape index (κ3) is 6.45. The van der Waals surface area contributed by atoms with Crippen LogP contribution in [0.4, 0.5) is 5.82 Å². The van der Waals surface area contributed by atoms with E-state index in [2.05, 4.69) is 41.0 Å². The SMILES string of the molecule is C=CC(=O)Oc1ccc2ccccc2c1CN1Cc2nc(OCC3CCCN3C)nc(N3CCN(C(=O)C=C)C(CC#N)C3)c2C1. The molecule has 0 aliphatic carbocycles. The third-order valence-corrected chi connectivity index (χ3v) is 9.21. The number of likely N-dealkylation sites (tertiary alicyclic amines) is 1. The van der Waals surface area contributed by atoms with Gasteiger partial charge in [0.05, 0.1) is 24.2 Å². The average molecular weight is 622 g/mol. The molecular formula is C35H39N7O4. The van der Waals surface area contributed by atoms with E-state index < -0.39 is 5.97 Å². The molecule has 2 unspecified atom stereocenters. The fourth-order valence-electron chi connectivity index (χ4n) is 6.76. The molecule has 6 rings (SSSR count). The topological polar surface area (TPSA) is 115 Å². The fraction of sp³-hybridized carbons (Fsp3) is 0.400. The molecule has 2 atom stereocenters. The molecule has 0 bridgehead atoms.